The SMILES string of the molecule is CCCN(C1CC2CCC(C1)N2)C1CS(=O)(=O)CC1O. The van der Waals surface area contributed by atoms with Gasteiger partial charge in [-0.05, 0) is 38.6 Å². The Morgan fingerprint density at radius 1 is 1.20 bits per heavy atom. The molecule has 0 saturated carbocycles. The van der Waals surface area contributed by atoms with Crippen molar-refractivity contribution in [3.63, 3.8) is 0 Å². The van der Waals surface area contributed by atoms with Crippen molar-refractivity contribution < 1.29 is 13.5 Å². The van der Waals surface area contributed by atoms with Crippen LogP contribution in [0.15, 0.2) is 0 Å². The second kappa shape index (κ2) is 5.55. The molecule has 2 N–H and O–H groups in total. The van der Waals surface area contributed by atoms with E-state index < -0.39 is 15.9 Å². The number of fused-ring (bicyclic) bond motifs is 2. The van der Waals surface area contributed by atoms with E-state index in [-0.39, 0.29) is 17.5 Å². The molecule has 20 heavy (non-hydrogen) atoms. The fraction of sp³-hybridized carbons (Fsp3) is 1.00. The summed E-state index contributed by atoms with van der Waals surface area (Å²) in [5.41, 5.74) is 0. The molecule has 0 spiro atoms. The average Bonchev–Trinajstić information content (AvgIpc) is 2.85. The first kappa shape index (κ1) is 14.8. The van der Waals surface area contributed by atoms with Crippen molar-refractivity contribution in [2.75, 3.05) is 18.1 Å². The molecule has 3 rings (SSSR count). The van der Waals surface area contributed by atoms with E-state index in [1.165, 1.54) is 12.8 Å². The van der Waals surface area contributed by atoms with Crippen LogP contribution in [0.2, 0.25) is 0 Å². The molecule has 4 atom stereocenters. The van der Waals surface area contributed by atoms with E-state index in [9.17, 15) is 13.5 Å². The summed E-state index contributed by atoms with van der Waals surface area (Å²) in [4.78, 5) is 2.31. The Morgan fingerprint density at radius 3 is 2.35 bits per heavy atom. The van der Waals surface area contributed by atoms with Crippen molar-refractivity contribution in [3.05, 3.63) is 0 Å². The van der Waals surface area contributed by atoms with Crippen LogP contribution in [0.3, 0.4) is 0 Å². The fourth-order valence-electron chi connectivity index (χ4n) is 4.30. The van der Waals surface area contributed by atoms with Gasteiger partial charge in [0.2, 0.25) is 0 Å². The normalized spacial score (nSPS) is 43.2. The number of aliphatic hydroxyl groups excluding tert-OH is 1. The van der Waals surface area contributed by atoms with Crippen LogP contribution in [0.25, 0.3) is 0 Å². The van der Waals surface area contributed by atoms with Crippen molar-refractivity contribution >= 4 is 9.84 Å². The van der Waals surface area contributed by atoms with Gasteiger partial charge in [0.1, 0.15) is 0 Å². The van der Waals surface area contributed by atoms with Crippen molar-refractivity contribution in [2.45, 2.75) is 69.3 Å². The second-order valence-electron chi connectivity index (χ2n) is 6.71. The third-order valence-electron chi connectivity index (χ3n) is 5.12. The summed E-state index contributed by atoms with van der Waals surface area (Å²) in [7, 11) is -3.07. The summed E-state index contributed by atoms with van der Waals surface area (Å²) >= 11 is 0. The molecule has 0 aromatic rings. The molecule has 3 fully saturated rings. The fourth-order valence-corrected chi connectivity index (χ4v) is 6.12. The highest BCUT2D eigenvalue weighted by molar-refractivity contribution is 7.91. The third kappa shape index (κ3) is 2.89. The first-order chi connectivity index (χ1) is 9.48. The highest BCUT2D eigenvalue weighted by Crippen LogP contribution is 2.32. The van der Waals surface area contributed by atoms with Crippen LogP contribution in [0, 0.1) is 0 Å². The molecule has 3 heterocycles. The molecular formula is C14H26N2O3S. The maximum absolute atomic E-state index is 11.8. The van der Waals surface area contributed by atoms with Crippen LogP contribution in [0.1, 0.15) is 39.0 Å². The summed E-state index contributed by atoms with van der Waals surface area (Å²) in [6.45, 7) is 3.01. The van der Waals surface area contributed by atoms with Crippen LogP contribution in [0.5, 0.6) is 0 Å². The molecule has 0 aromatic heterocycles. The Morgan fingerprint density at radius 2 is 1.85 bits per heavy atom. The van der Waals surface area contributed by atoms with Crippen LogP contribution in [0.4, 0.5) is 0 Å². The number of aliphatic hydroxyl groups is 1. The Labute approximate surface area is 121 Å². The van der Waals surface area contributed by atoms with Gasteiger partial charge in [0.15, 0.2) is 9.84 Å². The Balaban J connectivity index is 1.75. The van der Waals surface area contributed by atoms with E-state index in [1.54, 1.807) is 0 Å². The van der Waals surface area contributed by atoms with E-state index in [0.717, 1.165) is 25.8 Å². The van der Waals surface area contributed by atoms with Gasteiger partial charge in [-0.2, -0.15) is 0 Å². The molecule has 0 aliphatic carbocycles. The topological polar surface area (TPSA) is 69.6 Å². The minimum absolute atomic E-state index is 0.0598. The predicted octanol–water partition coefficient (Wildman–Crippen LogP) is 0.139. The van der Waals surface area contributed by atoms with Crippen LogP contribution in [-0.4, -0.2) is 66.7 Å². The monoisotopic (exact) mass is 302 g/mol. The first-order valence-corrected chi connectivity index (χ1v) is 9.71. The maximum atomic E-state index is 11.8. The van der Waals surface area contributed by atoms with Gasteiger partial charge in [-0.15, -0.1) is 0 Å². The van der Waals surface area contributed by atoms with Crippen molar-refractivity contribution in [1.29, 1.82) is 0 Å². The standard InChI is InChI=1S/C14H26N2O3S/c1-2-5-16(13-8-20(18,19)9-14(13)17)12-6-10-3-4-11(7-12)15-10/h10-15,17H,2-9H2,1H3. The van der Waals surface area contributed by atoms with E-state index in [0.29, 0.717) is 18.1 Å². The summed E-state index contributed by atoms with van der Waals surface area (Å²) in [6, 6.07) is 1.42. The number of piperidine rings is 1. The average molecular weight is 302 g/mol. The lowest BCUT2D eigenvalue weighted by Gasteiger charge is -2.41. The molecule has 2 bridgehead atoms. The lowest BCUT2D eigenvalue weighted by molar-refractivity contribution is 0.0362. The summed E-state index contributed by atoms with van der Waals surface area (Å²) in [5, 5.41) is 13.8. The Bertz CT molecular complexity index is 441. The molecule has 3 aliphatic rings. The highest BCUT2D eigenvalue weighted by atomic mass is 32.2. The summed E-state index contributed by atoms with van der Waals surface area (Å²) in [6.07, 6.45) is 4.97. The van der Waals surface area contributed by atoms with Gasteiger partial charge in [-0.25, -0.2) is 8.42 Å². The van der Waals surface area contributed by atoms with Crippen LogP contribution < -0.4 is 5.32 Å². The maximum Gasteiger partial charge on any atom is 0.154 e. The zero-order valence-electron chi connectivity index (χ0n) is 12.2. The van der Waals surface area contributed by atoms with Gasteiger partial charge >= 0.3 is 0 Å². The molecule has 3 aliphatic heterocycles. The molecule has 6 heteroatoms. The van der Waals surface area contributed by atoms with Crippen molar-refractivity contribution in [1.82, 2.24) is 10.2 Å². The van der Waals surface area contributed by atoms with Gasteiger partial charge in [-0.3, -0.25) is 4.90 Å². The molecule has 0 amide bonds. The molecule has 3 saturated heterocycles. The number of sulfone groups is 1. The molecule has 0 aromatic carbocycles. The number of hydrogen-bond donors (Lipinski definition) is 2. The molecule has 116 valence electrons. The predicted molar refractivity (Wildman–Crippen MR) is 78.4 cm³/mol. The van der Waals surface area contributed by atoms with Crippen molar-refractivity contribution in [3.8, 4) is 0 Å². The van der Waals surface area contributed by atoms with E-state index in [2.05, 4.69) is 17.1 Å². The lowest BCUT2D eigenvalue weighted by Crippen LogP contribution is -2.54. The van der Waals surface area contributed by atoms with Crippen LogP contribution in [-0.2, 0) is 9.84 Å². The smallest absolute Gasteiger partial charge is 0.154 e. The number of hydrogen-bond acceptors (Lipinski definition) is 5. The van der Waals surface area contributed by atoms with Gasteiger partial charge in [-0.1, -0.05) is 6.92 Å². The quantitative estimate of drug-likeness (QED) is 0.773. The number of rotatable bonds is 4. The summed E-state index contributed by atoms with van der Waals surface area (Å²) in [5.74, 6) is 0.0726. The zero-order valence-corrected chi connectivity index (χ0v) is 13.0. The Kier molecular flexibility index (Phi) is 4.10. The number of nitrogens with zero attached hydrogens (tertiary/aromatic N) is 1. The van der Waals surface area contributed by atoms with Gasteiger partial charge in [0.25, 0.3) is 0 Å². The highest BCUT2D eigenvalue weighted by Gasteiger charge is 2.44. The molecule has 0 radical (unpaired) electrons. The van der Waals surface area contributed by atoms with Crippen LogP contribution >= 0.6 is 0 Å². The molecular weight excluding hydrogens is 276 g/mol. The van der Waals surface area contributed by atoms with Crippen molar-refractivity contribution in [2.24, 2.45) is 0 Å². The Hall–Kier alpha value is -0.170. The number of nitrogens with one attached hydrogen (secondary N) is 1. The van der Waals surface area contributed by atoms with Gasteiger partial charge in [0.05, 0.1) is 23.7 Å². The lowest BCUT2D eigenvalue weighted by atomic mass is 9.95. The largest absolute Gasteiger partial charge is 0.390 e. The van der Waals surface area contributed by atoms with Gasteiger partial charge < -0.3 is 10.4 Å². The minimum atomic E-state index is -3.07. The minimum Gasteiger partial charge on any atom is -0.390 e. The van der Waals surface area contributed by atoms with E-state index in [1.807, 2.05) is 0 Å². The molecule has 5 nitrogen and oxygen atoms in total. The zero-order chi connectivity index (χ0) is 14.3. The first-order valence-electron chi connectivity index (χ1n) is 7.89. The van der Waals surface area contributed by atoms with E-state index >= 15 is 0 Å². The molecule has 4 unspecified atom stereocenters. The van der Waals surface area contributed by atoms with Gasteiger partial charge in [0, 0.05) is 18.1 Å². The third-order valence-corrected chi connectivity index (χ3v) is 6.82. The summed E-state index contributed by atoms with van der Waals surface area (Å²) < 4.78 is 23.6. The second-order valence-corrected chi connectivity index (χ2v) is 8.87. The van der Waals surface area contributed by atoms with E-state index in [4.69, 9.17) is 0 Å².